The molecule has 8 heteroatoms. The summed E-state index contributed by atoms with van der Waals surface area (Å²) in [6, 6.07) is 7.14. The molecule has 1 fully saturated rings. The fourth-order valence-electron chi connectivity index (χ4n) is 3.43. The summed E-state index contributed by atoms with van der Waals surface area (Å²) in [5.41, 5.74) is 0.622. The molecule has 2 amide bonds. The van der Waals surface area contributed by atoms with Crippen LogP contribution < -0.4 is 19.7 Å². The summed E-state index contributed by atoms with van der Waals surface area (Å²) >= 11 is 0. The second-order valence-electron chi connectivity index (χ2n) is 6.43. The van der Waals surface area contributed by atoms with Crippen molar-refractivity contribution in [2.24, 2.45) is 0 Å². The minimum atomic E-state index is -0.225. The lowest BCUT2D eigenvalue weighted by Crippen LogP contribution is -2.49. The number of nitrogens with one attached hydrogen (secondary N) is 2. The highest BCUT2D eigenvalue weighted by Crippen LogP contribution is 2.31. The number of carbonyl (C=O) groups excluding carboxylic acids is 2. The molecule has 8 nitrogen and oxygen atoms in total. The van der Waals surface area contributed by atoms with Crippen molar-refractivity contribution < 1.29 is 19.1 Å². The monoisotopic (exact) mass is 356 g/mol. The Hall–Kier alpha value is -3.03. The van der Waals surface area contributed by atoms with E-state index in [2.05, 4.69) is 15.5 Å². The quantitative estimate of drug-likeness (QED) is 0.840. The number of ether oxygens (including phenoxy) is 2. The fraction of sp³-hybridized carbons (Fsp3) is 0.389. The summed E-state index contributed by atoms with van der Waals surface area (Å²) in [4.78, 5) is 26.2. The normalized spacial score (nSPS) is 21.8. The van der Waals surface area contributed by atoms with E-state index in [0.717, 1.165) is 19.3 Å². The van der Waals surface area contributed by atoms with Gasteiger partial charge < -0.3 is 14.8 Å². The molecule has 1 aromatic heterocycles. The van der Waals surface area contributed by atoms with Crippen LogP contribution in [0.15, 0.2) is 36.7 Å². The van der Waals surface area contributed by atoms with E-state index in [0.29, 0.717) is 17.2 Å². The molecule has 1 saturated carbocycles. The molecule has 4 rings (SSSR count). The van der Waals surface area contributed by atoms with E-state index in [4.69, 9.17) is 9.47 Å². The van der Waals surface area contributed by atoms with E-state index >= 15 is 0 Å². The number of fused-ring (bicyclic) bond motifs is 1. The molecule has 2 aromatic rings. The standard InChI is InChI=1S/C18H20N4O4/c23-17(10-22-14-5-1-2-6-16(14)25-11-18(22)24)21-13-4-3-7-15(13)26-12-8-19-20-9-12/h1-2,5-6,8-9,13,15H,3-4,7,10-11H2,(H,19,20)(H,21,23)/t13-,15+/m0/s1. The Morgan fingerprint density at radius 2 is 2.27 bits per heavy atom. The fourth-order valence-corrected chi connectivity index (χ4v) is 3.43. The third-order valence-electron chi connectivity index (χ3n) is 4.67. The summed E-state index contributed by atoms with van der Waals surface area (Å²) in [6.45, 7) is -0.0892. The molecule has 2 heterocycles. The highest BCUT2D eigenvalue weighted by Gasteiger charge is 2.32. The third kappa shape index (κ3) is 3.35. The van der Waals surface area contributed by atoms with E-state index < -0.39 is 0 Å². The van der Waals surface area contributed by atoms with Crippen LogP contribution in [0.25, 0.3) is 0 Å². The SMILES string of the molecule is O=C(CN1C(=O)COc2ccccc21)N[C@H]1CCC[C@H]1Oc1cn[nH]c1. The Balaban J connectivity index is 1.40. The Morgan fingerprint density at radius 3 is 3.12 bits per heavy atom. The maximum absolute atomic E-state index is 12.6. The molecule has 0 saturated heterocycles. The summed E-state index contributed by atoms with van der Waals surface area (Å²) in [7, 11) is 0. The van der Waals surface area contributed by atoms with Crippen molar-refractivity contribution in [1.29, 1.82) is 0 Å². The molecule has 1 aromatic carbocycles. The molecule has 0 spiro atoms. The lowest BCUT2D eigenvalue weighted by atomic mass is 10.2. The zero-order chi connectivity index (χ0) is 17.9. The lowest BCUT2D eigenvalue weighted by Gasteiger charge is -2.29. The number of carbonyl (C=O) groups is 2. The van der Waals surface area contributed by atoms with Gasteiger partial charge in [-0.3, -0.25) is 19.6 Å². The Morgan fingerprint density at radius 1 is 1.38 bits per heavy atom. The van der Waals surface area contributed by atoms with Crippen LogP contribution in [-0.2, 0) is 9.59 Å². The van der Waals surface area contributed by atoms with Crippen molar-refractivity contribution in [3.63, 3.8) is 0 Å². The maximum Gasteiger partial charge on any atom is 0.265 e. The summed E-state index contributed by atoms with van der Waals surface area (Å²) in [5, 5.41) is 9.58. The molecule has 0 radical (unpaired) electrons. The molecule has 0 bridgehead atoms. The van der Waals surface area contributed by atoms with E-state index in [-0.39, 0.29) is 37.1 Å². The first kappa shape index (κ1) is 16.4. The van der Waals surface area contributed by atoms with Gasteiger partial charge in [-0.2, -0.15) is 5.10 Å². The molecule has 1 aliphatic heterocycles. The van der Waals surface area contributed by atoms with Crippen molar-refractivity contribution in [3.05, 3.63) is 36.7 Å². The minimum Gasteiger partial charge on any atom is -0.485 e. The van der Waals surface area contributed by atoms with Crippen molar-refractivity contribution >= 4 is 17.5 Å². The molecule has 2 aliphatic rings. The van der Waals surface area contributed by atoms with E-state index in [1.165, 1.54) is 4.90 Å². The molecule has 1 aliphatic carbocycles. The Labute approximate surface area is 150 Å². The predicted octanol–water partition coefficient (Wildman–Crippen LogP) is 1.25. The van der Waals surface area contributed by atoms with Crippen molar-refractivity contribution in [3.8, 4) is 11.5 Å². The Bertz CT molecular complexity index is 792. The first-order valence-corrected chi connectivity index (χ1v) is 8.68. The highest BCUT2D eigenvalue weighted by molar-refractivity contribution is 6.02. The van der Waals surface area contributed by atoms with Crippen LogP contribution in [0.3, 0.4) is 0 Å². The topological polar surface area (TPSA) is 96.6 Å². The molecule has 2 N–H and O–H groups in total. The molecular formula is C18H20N4O4. The Kier molecular flexibility index (Phi) is 4.47. The highest BCUT2D eigenvalue weighted by atomic mass is 16.5. The second-order valence-corrected chi connectivity index (χ2v) is 6.43. The molecule has 0 unspecified atom stereocenters. The molecular weight excluding hydrogens is 336 g/mol. The van der Waals surface area contributed by atoms with Crippen LogP contribution in [0, 0.1) is 0 Å². The van der Waals surface area contributed by atoms with Gasteiger partial charge in [0.2, 0.25) is 5.91 Å². The molecule has 26 heavy (non-hydrogen) atoms. The van der Waals surface area contributed by atoms with Gasteiger partial charge in [0.25, 0.3) is 5.91 Å². The average Bonchev–Trinajstić information content (AvgIpc) is 3.30. The van der Waals surface area contributed by atoms with Crippen molar-refractivity contribution in [2.45, 2.75) is 31.4 Å². The zero-order valence-corrected chi connectivity index (χ0v) is 14.2. The van der Waals surface area contributed by atoms with Crippen molar-refractivity contribution in [2.75, 3.05) is 18.1 Å². The van der Waals surface area contributed by atoms with E-state index in [1.54, 1.807) is 24.5 Å². The van der Waals surface area contributed by atoms with Gasteiger partial charge in [0.05, 0.1) is 24.1 Å². The largest absolute Gasteiger partial charge is 0.485 e. The van der Waals surface area contributed by atoms with Crippen LogP contribution in [0.1, 0.15) is 19.3 Å². The van der Waals surface area contributed by atoms with Gasteiger partial charge in [-0.1, -0.05) is 12.1 Å². The van der Waals surface area contributed by atoms with E-state index in [9.17, 15) is 9.59 Å². The van der Waals surface area contributed by atoms with Gasteiger partial charge in [-0.05, 0) is 31.4 Å². The summed E-state index contributed by atoms with van der Waals surface area (Å²) in [6.07, 6.45) is 5.90. The number of aromatic amines is 1. The number of para-hydroxylation sites is 2. The van der Waals surface area contributed by atoms with Crippen LogP contribution in [0.4, 0.5) is 5.69 Å². The van der Waals surface area contributed by atoms with Gasteiger partial charge in [0.1, 0.15) is 18.4 Å². The van der Waals surface area contributed by atoms with Gasteiger partial charge in [-0.25, -0.2) is 0 Å². The number of anilines is 1. The number of rotatable bonds is 5. The lowest BCUT2D eigenvalue weighted by molar-refractivity contribution is -0.125. The third-order valence-corrected chi connectivity index (χ3v) is 4.67. The number of H-pyrrole nitrogens is 1. The smallest absolute Gasteiger partial charge is 0.265 e. The van der Waals surface area contributed by atoms with Crippen molar-refractivity contribution in [1.82, 2.24) is 15.5 Å². The van der Waals surface area contributed by atoms with E-state index in [1.807, 2.05) is 12.1 Å². The van der Waals surface area contributed by atoms with Gasteiger partial charge >= 0.3 is 0 Å². The summed E-state index contributed by atoms with van der Waals surface area (Å²) in [5.74, 6) is 0.842. The molecule has 2 atom stereocenters. The van der Waals surface area contributed by atoms with Crippen LogP contribution >= 0.6 is 0 Å². The number of hydrogen-bond acceptors (Lipinski definition) is 5. The average molecular weight is 356 g/mol. The number of amides is 2. The first-order chi connectivity index (χ1) is 12.7. The minimum absolute atomic E-state index is 0.0336. The predicted molar refractivity (Wildman–Crippen MR) is 93.1 cm³/mol. The van der Waals surface area contributed by atoms with Gasteiger partial charge in [0, 0.05) is 0 Å². The number of hydrogen-bond donors (Lipinski definition) is 2. The maximum atomic E-state index is 12.6. The van der Waals surface area contributed by atoms with Crippen LogP contribution in [0.2, 0.25) is 0 Å². The second kappa shape index (κ2) is 7.07. The summed E-state index contributed by atoms with van der Waals surface area (Å²) < 4.78 is 11.3. The van der Waals surface area contributed by atoms with Gasteiger partial charge in [-0.15, -0.1) is 0 Å². The van der Waals surface area contributed by atoms with Crippen LogP contribution in [0.5, 0.6) is 11.5 Å². The van der Waals surface area contributed by atoms with Crippen LogP contribution in [-0.4, -0.2) is 47.3 Å². The number of benzene rings is 1. The number of nitrogens with zero attached hydrogens (tertiary/aromatic N) is 2. The number of aromatic nitrogens is 2. The van der Waals surface area contributed by atoms with Gasteiger partial charge in [0.15, 0.2) is 12.4 Å². The first-order valence-electron chi connectivity index (χ1n) is 8.68. The molecule has 136 valence electrons. The zero-order valence-electron chi connectivity index (χ0n) is 14.2.